The Morgan fingerprint density at radius 2 is 2.13 bits per heavy atom. The molecule has 0 bridgehead atoms. The molecule has 1 fully saturated rings. The molecule has 1 aromatic rings. The molecule has 0 aliphatic carbocycles. The van der Waals surface area contributed by atoms with Crippen LogP contribution in [0.1, 0.15) is 37.6 Å². The van der Waals surface area contributed by atoms with E-state index in [0.717, 1.165) is 5.75 Å². The normalized spacial score (nSPS) is 20.7. The van der Waals surface area contributed by atoms with Gasteiger partial charge in [-0.2, -0.15) is 0 Å². The van der Waals surface area contributed by atoms with Crippen LogP contribution in [0.3, 0.4) is 0 Å². The van der Waals surface area contributed by atoms with Crippen molar-refractivity contribution in [2.24, 2.45) is 0 Å². The molecule has 8 heteroatoms. The van der Waals surface area contributed by atoms with Crippen LogP contribution in [0.5, 0.6) is 0 Å². The van der Waals surface area contributed by atoms with Crippen LogP contribution in [0.2, 0.25) is 0 Å². The highest BCUT2D eigenvalue weighted by Crippen LogP contribution is 2.22. The average molecular weight is 336 g/mol. The predicted octanol–water partition coefficient (Wildman–Crippen LogP) is 0.478. The first kappa shape index (κ1) is 16.0. The van der Waals surface area contributed by atoms with Crippen LogP contribution in [-0.2, 0) is 11.3 Å². The lowest BCUT2D eigenvalue weighted by molar-refractivity contribution is -0.131. The van der Waals surface area contributed by atoms with Crippen LogP contribution in [-0.4, -0.2) is 50.1 Å². The van der Waals surface area contributed by atoms with E-state index in [2.05, 4.69) is 10.3 Å². The highest BCUT2D eigenvalue weighted by atomic mass is 32.2. The van der Waals surface area contributed by atoms with Crippen LogP contribution in [0.15, 0.2) is 16.1 Å². The Kier molecular flexibility index (Phi) is 3.95. The zero-order valence-corrected chi connectivity index (χ0v) is 14.3. The van der Waals surface area contributed by atoms with Gasteiger partial charge in [0.2, 0.25) is 5.91 Å². The molecule has 7 nitrogen and oxygen atoms in total. The zero-order chi connectivity index (χ0) is 16.8. The number of fused-ring (bicyclic) bond motifs is 1. The molecule has 2 aliphatic rings. The van der Waals surface area contributed by atoms with Gasteiger partial charge in [-0.25, -0.2) is 4.98 Å². The molecule has 1 atom stereocenters. The second kappa shape index (κ2) is 5.67. The average Bonchev–Trinajstić information content (AvgIpc) is 3.05. The van der Waals surface area contributed by atoms with Crippen molar-refractivity contribution in [3.05, 3.63) is 22.1 Å². The fourth-order valence-corrected chi connectivity index (χ4v) is 3.80. The molecule has 23 heavy (non-hydrogen) atoms. The van der Waals surface area contributed by atoms with Crippen molar-refractivity contribution >= 4 is 23.6 Å². The maximum atomic E-state index is 12.4. The van der Waals surface area contributed by atoms with Gasteiger partial charge in [-0.05, 0) is 20.8 Å². The van der Waals surface area contributed by atoms with Crippen molar-refractivity contribution in [3.8, 4) is 0 Å². The zero-order valence-electron chi connectivity index (χ0n) is 13.5. The summed E-state index contributed by atoms with van der Waals surface area (Å²) in [6.45, 7) is 6.92. The number of rotatable bonds is 2. The molecule has 2 amide bonds. The van der Waals surface area contributed by atoms with Gasteiger partial charge in [-0.15, -0.1) is 0 Å². The minimum Gasteiger partial charge on any atom is -0.347 e. The maximum absolute atomic E-state index is 12.4. The smallest absolute Gasteiger partial charge is 0.267 e. The standard InChI is InChI=1S/C15H20N4O3S/c1-15(2,3)19-8-9(6-11(19)20)17-12(21)10-7-16-14-18(13(10)22)4-5-23-14/h7,9H,4-6,8H2,1-3H3,(H,17,21). The van der Waals surface area contributed by atoms with Gasteiger partial charge in [0.05, 0.1) is 6.04 Å². The van der Waals surface area contributed by atoms with Crippen LogP contribution >= 0.6 is 11.8 Å². The van der Waals surface area contributed by atoms with Gasteiger partial charge < -0.3 is 10.2 Å². The van der Waals surface area contributed by atoms with E-state index >= 15 is 0 Å². The van der Waals surface area contributed by atoms with Crippen LogP contribution < -0.4 is 10.9 Å². The van der Waals surface area contributed by atoms with E-state index in [4.69, 9.17) is 0 Å². The fraction of sp³-hybridized carbons (Fsp3) is 0.600. The maximum Gasteiger partial charge on any atom is 0.267 e. The second-order valence-electron chi connectivity index (χ2n) is 6.81. The third-order valence-corrected chi connectivity index (χ3v) is 5.04. The topological polar surface area (TPSA) is 84.3 Å². The van der Waals surface area contributed by atoms with Gasteiger partial charge in [0, 0.05) is 37.0 Å². The summed E-state index contributed by atoms with van der Waals surface area (Å²) in [7, 11) is 0. The number of hydrogen-bond donors (Lipinski definition) is 1. The number of hydrogen-bond acceptors (Lipinski definition) is 5. The van der Waals surface area contributed by atoms with Crippen molar-refractivity contribution in [2.45, 2.75) is 50.5 Å². The summed E-state index contributed by atoms with van der Waals surface area (Å²) in [6, 6.07) is -0.277. The quantitative estimate of drug-likeness (QED) is 0.794. The molecule has 1 N–H and O–H groups in total. The number of carbonyl (C=O) groups excluding carboxylic acids is 2. The Labute approximate surface area is 138 Å². The number of carbonyl (C=O) groups is 2. The van der Waals surface area contributed by atoms with E-state index in [-0.39, 0.29) is 35.0 Å². The first-order valence-corrected chi connectivity index (χ1v) is 8.60. The van der Waals surface area contributed by atoms with Crippen LogP contribution in [0.25, 0.3) is 0 Å². The summed E-state index contributed by atoms with van der Waals surface area (Å²) < 4.78 is 1.53. The van der Waals surface area contributed by atoms with Crippen molar-refractivity contribution in [1.82, 2.24) is 19.8 Å². The molecule has 0 aromatic carbocycles. The number of amides is 2. The van der Waals surface area contributed by atoms with E-state index < -0.39 is 5.91 Å². The van der Waals surface area contributed by atoms with Gasteiger partial charge in [-0.3, -0.25) is 19.0 Å². The molecule has 1 unspecified atom stereocenters. The third kappa shape index (κ3) is 2.99. The number of aromatic nitrogens is 2. The Balaban J connectivity index is 1.74. The van der Waals surface area contributed by atoms with E-state index in [0.29, 0.717) is 18.2 Å². The molecule has 1 saturated heterocycles. The van der Waals surface area contributed by atoms with E-state index in [9.17, 15) is 14.4 Å². The highest BCUT2D eigenvalue weighted by Gasteiger charge is 2.37. The van der Waals surface area contributed by atoms with Gasteiger partial charge in [0.15, 0.2) is 5.16 Å². The van der Waals surface area contributed by atoms with Crippen LogP contribution in [0.4, 0.5) is 0 Å². The molecule has 3 heterocycles. The fourth-order valence-electron chi connectivity index (χ4n) is 2.89. The van der Waals surface area contributed by atoms with Gasteiger partial charge >= 0.3 is 0 Å². The summed E-state index contributed by atoms with van der Waals surface area (Å²) in [5, 5.41) is 3.45. The van der Waals surface area contributed by atoms with E-state index in [1.165, 1.54) is 22.5 Å². The molecular formula is C15H20N4O3S. The first-order valence-electron chi connectivity index (χ1n) is 7.61. The van der Waals surface area contributed by atoms with E-state index in [1.54, 1.807) is 4.90 Å². The minimum atomic E-state index is -0.455. The minimum absolute atomic E-state index is 0.0167. The van der Waals surface area contributed by atoms with Crippen molar-refractivity contribution in [2.75, 3.05) is 12.3 Å². The molecule has 1 aromatic heterocycles. The lowest BCUT2D eigenvalue weighted by Gasteiger charge is -2.32. The molecule has 0 radical (unpaired) electrons. The molecule has 0 spiro atoms. The van der Waals surface area contributed by atoms with Crippen molar-refractivity contribution < 1.29 is 9.59 Å². The molecule has 124 valence electrons. The second-order valence-corrected chi connectivity index (χ2v) is 7.87. The van der Waals surface area contributed by atoms with Gasteiger partial charge in [-0.1, -0.05) is 11.8 Å². The molecule has 2 aliphatic heterocycles. The Morgan fingerprint density at radius 3 is 2.78 bits per heavy atom. The number of nitrogens with zero attached hydrogens (tertiary/aromatic N) is 3. The Morgan fingerprint density at radius 1 is 1.39 bits per heavy atom. The van der Waals surface area contributed by atoms with Crippen molar-refractivity contribution in [3.63, 3.8) is 0 Å². The lowest BCUT2D eigenvalue weighted by Crippen LogP contribution is -2.45. The Bertz CT molecular complexity index is 722. The van der Waals surface area contributed by atoms with E-state index in [1.807, 2.05) is 20.8 Å². The summed E-state index contributed by atoms with van der Waals surface area (Å²) in [4.78, 5) is 42.7. The third-order valence-electron chi connectivity index (χ3n) is 4.07. The molecule has 3 rings (SSSR count). The number of likely N-dealkylation sites (tertiary alicyclic amines) is 1. The van der Waals surface area contributed by atoms with Gasteiger partial charge in [0.25, 0.3) is 11.5 Å². The Hall–Kier alpha value is -1.83. The van der Waals surface area contributed by atoms with Crippen LogP contribution in [0, 0.1) is 0 Å². The first-order chi connectivity index (χ1) is 10.8. The molecular weight excluding hydrogens is 316 g/mol. The summed E-state index contributed by atoms with van der Waals surface area (Å²) in [5.41, 5.74) is -0.546. The highest BCUT2D eigenvalue weighted by molar-refractivity contribution is 7.99. The number of thioether (sulfide) groups is 1. The SMILES string of the molecule is CC(C)(C)N1CC(NC(=O)c2cnc3n(c2=O)CCS3)CC1=O. The lowest BCUT2D eigenvalue weighted by atomic mass is 10.1. The summed E-state index contributed by atoms with van der Waals surface area (Å²) >= 11 is 1.51. The summed E-state index contributed by atoms with van der Waals surface area (Å²) in [6.07, 6.45) is 1.60. The predicted molar refractivity (Wildman–Crippen MR) is 86.6 cm³/mol. The summed E-state index contributed by atoms with van der Waals surface area (Å²) in [5.74, 6) is 0.358. The molecule has 0 saturated carbocycles. The monoisotopic (exact) mass is 336 g/mol. The largest absolute Gasteiger partial charge is 0.347 e. The number of nitrogens with one attached hydrogen (secondary N) is 1. The van der Waals surface area contributed by atoms with Gasteiger partial charge in [0.1, 0.15) is 5.56 Å². The van der Waals surface area contributed by atoms with Crippen molar-refractivity contribution in [1.29, 1.82) is 0 Å².